The van der Waals surface area contributed by atoms with E-state index >= 15 is 0 Å². The maximum atomic E-state index is 12.8. The van der Waals surface area contributed by atoms with Crippen molar-refractivity contribution in [3.05, 3.63) is 46.2 Å². The van der Waals surface area contributed by atoms with E-state index in [2.05, 4.69) is 5.32 Å². The van der Waals surface area contributed by atoms with Crippen LogP contribution < -0.4 is 11.1 Å². The minimum absolute atomic E-state index is 0.0642. The highest BCUT2D eigenvalue weighted by molar-refractivity contribution is 7.89. The van der Waals surface area contributed by atoms with Crippen LogP contribution in [0.4, 0.5) is 5.69 Å². The average molecular weight is 396 g/mol. The SMILES string of the molecule is Nc1ccc(CCNC(=O)c2sccc2S(=O)(=O)N2CCOCC2)cc1. The fraction of sp³-hybridized carbons (Fsp3) is 0.353. The van der Waals surface area contributed by atoms with Gasteiger partial charge in [0.15, 0.2) is 0 Å². The first-order chi connectivity index (χ1) is 12.5. The first kappa shape index (κ1) is 18.8. The number of sulfonamides is 1. The lowest BCUT2D eigenvalue weighted by molar-refractivity contribution is 0.0730. The Morgan fingerprint density at radius 2 is 1.88 bits per heavy atom. The predicted molar refractivity (Wildman–Crippen MR) is 101 cm³/mol. The van der Waals surface area contributed by atoms with E-state index in [9.17, 15) is 13.2 Å². The van der Waals surface area contributed by atoms with E-state index in [0.29, 0.717) is 45.0 Å². The lowest BCUT2D eigenvalue weighted by atomic mass is 10.1. The Hall–Kier alpha value is -1.94. The highest BCUT2D eigenvalue weighted by atomic mass is 32.2. The van der Waals surface area contributed by atoms with Crippen molar-refractivity contribution in [2.24, 2.45) is 0 Å². The van der Waals surface area contributed by atoms with Crippen LogP contribution in [0.1, 0.15) is 15.2 Å². The molecule has 3 rings (SSSR count). The van der Waals surface area contributed by atoms with Gasteiger partial charge in [0, 0.05) is 25.3 Å². The van der Waals surface area contributed by atoms with Crippen molar-refractivity contribution in [1.82, 2.24) is 9.62 Å². The van der Waals surface area contributed by atoms with Crippen molar-refractivity contribution < 1.29 is 17.9 Å². The van der Waals surface area contributed by atoms with Gasteiger partial charge in [0.1, 0.15) is 9.77 Å². The molecule has 2 heterocycles. The second-order valence-corrected chi connectivity index (χ2v) is 8.70. The van der Waals surface area contributed by atoms with Gasteiger partial charge in [-0.15, -0.1) is 11.3 Å². The highest BCUT2D eigenvalue weighted by Crippen LogP contribution is 2.25. The smallest absolute Gasteiger partial charge is 0.262 e. The minimum atomic E-state index is -3.69. The summed E-state index contributed by atoms with van der Waals surface area (Å²) in [5.74, 6) is -0.373. The summed E-state index contributed by atoms with van der Waals surface area (Å²) in [5.41, 5.74) is 7.39. The number of nitrogens with zero attached hydrogens (tertiary/aromatic N) is 1. The van der Waals surface area contributed by atoms with Crippen LogP contribution in [-0.2, 0) is 21.2 Å². The molecule has 0 unspecified atom stereocenters. The summed E-state index contributed by atoms with van der Waals surface area (Å²) in [4.78, 5) is 12.8. The molecular formula is C17H21N3O4S2. The molecule has 0 radical (unpaired) electrons. The van der Waals surface area contributed by atoms with Crippen molar-refractivity contribution in [3.8, 4) is 0 Å². The largest absolute Gasteiger partial charge is 0.399 e. The second kappa shape index (κ2) is 8.17. The van der Waals surface area contributed by atoms with Crippen LogP contribution in [0.3, 0.4) is 0 Å². The van der Waals surface area contributed by atoms with Gasteiger partial charge in [-0.25, -0.2) is 8.42 Å². The quantitative estimate of drug-likeness (QED) is 0.719. The zero-order valence-corrected chi connectivity index (χ0v) is 15.8. The Morgan fingerprint density at radius 3 is 2.58 bits per heavy atom. The normalized spacial score (nSPS) is 15.7. The Morgan fingerprint density at radius 1 is 1.19 bits per heavy atom. The summed E-state index contributed by atoms with van der Waals surface area (Å²) < 4.78 is 32.1. The number of carbonyl (C=O) groups excluding carboxylic acids is 1. The third-order valence-electron chi connectivity index (χ3n) is 4.10. The van der Waals surface area contributed by atoms with Gasteiger partial charge in [-0.1, -0.05) is 12.1 Å². The number of benzene rings is 1. The van der Waals surface area contributed by atoms with Gasteiger partial charge >= 0.3 is 0 Å². The molecule has 1 aliphatic rings. The fourth-order valence-corrected chi connectivity index (χ4v) is 5.40. The van der Waals surface area contributed by atoms with E-state index < -0.39 is 10.0 Å². The van der Waals surface area contributed by atoms with E-state index in [4.69, 9.17) is 10.5 Å². The number of rotatable bonds is 6. The summed E-state index contributed by atoms with van der Waals surface area (Å²) in [6.07, 6.45) is 0.642. The zero-order chi connectivity index (χ0) is 18.6. The number of nitrogens with two attached hydrogens (primary N) is 1. The molecule has 2 aromatic rings. The molecule has 26 heavy (non-hydrogen) atoms. The van der Waals surface area contributed by atoms with Crippen molar-refractivity contribution in [2.45, 2.75) is 11.3 Å². The molecule has 1 amide bonds. The first-order valence-corrected chi connectivity index (χ1v) is 10.6. The number of morpholine rings is 1. The number of amides is 1. The molecule has 0 spiro atoms. The van der Waals surface area contributed by atoms with E-state index in [-0.39, 0.29) is 15.7 Å². The van der Waals surface area contributed by atoms with Gasteiger partial charge in [-0.2, -0.15) is 4.31 Å². The maximum Gasteiger partial charge on any atom is 0.262 e. The Balaban J connectivity index is 1.65. The summed E-state index contributed by atoms with van der Waals surface area (Å²) in [6.45, 7) is 1.75. The Kier molecular flexibility index (Phi) is 5.92. The van der Waals surface area contributed by atoms with Gasteiger partial charge in [-0.05, 0) is 35.6 Å². The predicted octanol–water partition coefficient (Wildman–Crippen LogP) is 1.32. The van der Waals surface area contributed by atoms with Crippen LogP contribution in [0.2, 0.25) is 0 Å². The number of ether oxygens (including phenoxy) is 1. The number of hydrogen-bond acceptors (Lipinski definition) is 6. The first-order valence-electron chi connectivity index (χ1n) is 8.26. The fourth-order valence-electron chi connectivity index (χ4n) is 2.68. The van der Waals surface area contributed by atoms with Crippen molar-refractivity contribution in [2.75, 3.05) is 38.6 Å². The van der Waals surface area contributed by atoms with Gasteiger partial charge in [0.25, 0.3) is 5.91 Å². The van der Waals surface area contributed by atoms with Gasteiger partial charge in [0.05, 0.1) is 13.2 Å². The lowest BCUT2D eigenvalue weighted by Crippen LogP contribution is -2.41. The van der Waals surface area contributed by atoms with Crippen LogP contribution in [0.5, 0.6) is 0 Å². The Labute approximate surface area is 156 Å². The van der Waals surface area contributed by atoms with E-state index in [1.807, 2.05) is 24.3 Å². The monoisotopic (exact) mass is 395 g/mol. The van der Waals surface area contributed by atoms with Crippen molar-refractivity contribution in [3.63, 3.8) is 0 Å². The van der Waals surface area contributed by atoms with Gasteiger partial charge < -0.3 is 15.8 Å². The number of hydrogen-bond donors (Lipinski definition) is 2. The van der Waals surface area contributed by atoms with Gasteiger partial charge in [0.2, 0.25) is 10.0 Å². The Bertz CT molecular complexity index is 856. The van der Waals surface area contributed by atoms with Gasteiger partial charge in [-0.3, -0.25) is 4.79 Å². The summed E-state index contributed by atoms with van der Waals surface area (Å²) in [5, 5.41) is 4.42. The molecule has 1 aromatic carbocycles. The van der Waals surface area contributed by atoms with E-state index in [0.717, 1.165) is 16.9 Å². The maximum absolute atomic E-state index is 12.8. The van der Waals surface area contributed by atoms with Crippen LogP contribution in [0.25, 0.3) is 0 Å². The summed E-state index contributed by atoms with van der Waals surface area (Å²) in [6, 6.07) is 8.92. The molecule has 3 N–H and O–H groups in total. The number of carbonyl (C=O) groups is 1. The minimum Gasteiger partial charge on any atom is -0.399 e. The third-order valence-corrected chi connectivity index (χ3v) is 7.09. The van der Waals surface area contributed by atoms with E-state index in [1.54, 1.807) is 5.38 Å². The number of nitrogen functional groups attached to an aromatic ring is 1. The zero-order valence-electron chi connectivity index (χ0n) is 14.2. The standard InChI is InChI=1S/C17H21N3O4S2/c18-14-3-1-13(2-4-14)5-7-19-17(21)16-15(6-12-25-16)26(22,23)20-8-10-24-11-9-20/h1-4,6,12H,5,7-11,18H2,(H,19,21). The molecule has 0 bridgehead atoms. The van der Waals surface area contributed by atoms with Crippen LogP contribution in [0, 0.1) is 0 Å². The highest BCUT2D eigenvalue weighted by Gasteiger charge is 2.31. The summed E-state index contributed by atoms with van der Waals surface area (Å²) >= 11 is 1.13. The topological polar surface area (TPSA) is 102 Å². The molecule has 0 aliphatic carbocycles. The second-order valence-electron chi connectivity index (χ2n) is 5.88. The van der Waals surface area contributed by atoms with Crippen LogP contribution in [0.15, 0.2) is 40.6 Å². The van der Waals surface area contributed by atoms with E-state index in [1.165, 1.54) is 10.4 Å². The molecule has 1 aromatic heterocycles. The molecule has 1 fully saturated rings. The molecular weight excluding hydrogens is 374 g/mol. The molecule has 1 saturated heterocycles. The van der Waals surface area contributed by atoms with Crippen LogP contribution >= 0.6 is 11.3 Å². The molecule has 140 valence electrons. The van der Waals surface area contributed by atoms with Crippen LogP contribution in [-0.4, -0.2) is 51.5 Å². The molecule has 1 aliphatic heterocycles. The molecule has 9 heteroatoms. The van der Waals surface area contributed by atoms with Crippen molar-refractivity contribution in [1.29, 1.82) is 0 Å². The molecule has 7 nitrogen and oxygen atoms in total. The summed E-state index contributed by atoms with van der Waals surface area (Å²) in [7, 11) is -3.69. The average Bonchev–Trinajstić information content (AvgIpc) is 3.15. The number of anilines is 1. The van der Waals surface area contributed by atoms with Crippen molar-refractivity contribution >= 4 is 33.0 Å². The third kappa shape index (κ3) is 4.24. The number of thiophene rings is 1. The lowest BCUT2D eigenvalue weighted by Gasteiger charge is -2.26. The molecule has 0 atom stereocenters. The molecule has 0 saturated carbocycles. The number of nitrogens with one attached hydrogen (secondary N) is 1.